The number of rotatable bonds is 6. The molecule has 184 valence electrons. The number of benzene rings is 2. The van der Waals surface area contributed by atoms with Crippen molar-refractivity contribution in [2.45, 2.75) is 31.7 Å². The molecular weight excluding hydrogens is 465 g/mol. The van der Waals surface area contributed by atoms with Gasteiger partial charge in [-0.1, -0.05) is 23.7 Å². The van der Waals surface area contributed by atoms with Crippen LogP contribution in [0.2, 0.25) is 5.02 Å². The smallest absolute Gasteiger partial charge is 0.227 e. The fourth-order valence-electron chi connectivity index (χ4n) is 5.14. The summed E-state index contributed by atoms with van der Waals surface area (Å²) in [4.78, 5) is 14.4. The van der Waals surface area contributed by atoms with Crippen LogP contribution in [0.1, 0.15) is 25.7 Å². The van der Waals surface area contributed by atoms with Gasteiger partial charge in [0.15, 0.2) is 0 Å². The summed E-state index contributed by atoms with van der Waals surface area (Å²) < 4.78 is 13.5. The molecule has 8 heteroatoms. The van der Waals surface area contributed by atoms with E-state index in [9.17, 15) is 9.50 Å². The summed E-state index contributed by atoms with van der Waals surface area (Å²) >= 11 is 6.06. The average molecular weight is 496 g/mol. The third-order valence-electron chi connectivity index (χ3n) is 7.11. The van der Waals surface area contributed by atoms with Gasteiger partial charge in [0.25, 0.3) is 0 Å². The van der Waals surface area contributed by atoms with Crippen molar-refractivity contribution in [1.29, 1.82) is 0 Å². The van der Waals surface area contributed by atoms with Crippen LogP contribution in [0.15, 0.2) is 54.7 Å². The second-order valence-corrected chi connectivity index (χ2v) is 9.91. The van der Waals surface area contributed by atoms with E-state index in [0.29, 0.717) is 28.7 Å². The predicted octanol–water partition coefficient (Wildman–Crippen LogP) is 5.35. The summed E-state index contributed by atoms with van der Waals surface area (Å²) in [7, 11) is 0. The first-order valence-electron chi connectivity index (χ1n) is 12.3. The number of anilines is 3. The maximum atomic E-state index is 13.5. The molecule has 1 unspecified atom stereocenters. The van der Waals surface area contributed by atoms with Crippen molar-refractivity contribution in [1.82, 2.24) is 14.9 Å². The summed E-state index contributed by atoms with van der Waals surface area (Å²) in [6.07, 6.45) is 6.22. The molecule has 0 spiro atoms. The van der Waals surface area contributed by atoms with E-state index in [4.69, 9.17) is 21.6 Å². The van der Waals surface area contributed by atoms with E-state index in [-0.39, 0.29) is 12.4 Å². The van der Waals surface area contributed by atoms with Crippen molar-refractivity contribution in [3.8, 4) is 11.1 Å². The molecule has 2 aromatic carbocycles. The molecule has 1 aromatic heterocycles. The van der Waals surface area contributed by atoms with Crippen LogP contribution in [0, 0.1) is 11.7 Å². The number of hydrogen-bond donors (Lipinski definition) is 2. The van der Waals surface area contributed by atoms with Gasteiger partial charge in [0, 0.05) is 54.8 Å². The largest absolute Gasteiger partial charge is 0.396 e. The van der Waals surface area contributed by atoms with Crippen LogP contribution in [0.3, 0.4) is 0 Å². The molecule has 0 aliphatic carbocycles. The van der Waals surface area contributed by atoms with Crippen LogP contribution in [0.25, 0.3) is 11.1 Å². The summed E-state index contributed by atoms with van der Waals surface area (Å²) in [6, 6.07) is 14.4. The minimum atomic E-state index is -0.277. The van der Waals surface area contributed by atoms with Gasteiger partial charge in [-0.2, -0.15) is 4.98 Å². The third-order valence-corrected chi connectivity index (χ3v) is 7.36. The first-order valence-corrected chi connectivity index (χ1v) is 12.7. The minimum absolute atomic E-state index is 0.277. The molecule has 5 rings (SSSR count). The van der Waals surface area contributed by atoms with E-state index in [1.165, 1.54) is 18.6 Å². The fourth-order valence-corrected chi connectivity index (χ4v) is 5.27. The minimum Gasteiger partial charge on any atom is -0.396 e. The Hall–Kier alpha value is -2.74. The number of aromatic nitrogens is 2. The van der Waals surface area contributed by atoms with E-state index in [0.717, 1.165) is 62.3 Å². The van der Waals surface area contributed by atoms with Crippen molar-refractivity contribution in [3.05, 3.63) is 65.6 Å². The lowest BCUT2D eigenvalue weighted by Gasteiger charge is -2.42. The number of nitrogens with one attached hydrogen (secondary N) is 1. The average Bonchev–Trinajstić information content (AvgIpc) is 2.91. The Bertz CT molecular complexity index is 1120. The molecule has 0 amide bonds. The lowest BCUT2D eigenvalue weighted by molar-refractivity contribution is 0.0776. The van der Waals surface area contributed by atoms with E-state index in [2.05, 4.69) is 15.1 Å². The summed E-state index contributed by atoms with van der Waals surface area (Å²) in [5, 5.41) is 13.6. The van der Waals surface area contributed by atoms with E-state index >= 15 is 0 Å². The van der Waals surface area contributed by atoms with Crippen LogP contribution in [0.4, 0.5) is 21.8 Å². The topological polar surface area (TPSA) is 64.5 Å². The Morgan fingerprint density at radius 1 is 1.00 bits per heavy atom. The van der Waals surface area contributed by atoms with E-state index in [1.54, 1.807) is 12.1 Å². The molecule has 0 saturated carbocycles. The molecule has 6 nitrogen and oxygen atoms in total. The first-order chi connectivity index (χ1) is 17.1. The van der Waals surface area contributed by atoms with Crippen LogP contribution in [-0.2, 0) is 0 Å². The number of halogens is 2. The Labute approximate surface area is 210 Å². The van der Waals surface area contributed by atoms with Gasteiger partial charge in [-0.25, -0.2) is 9.37 Å². The normalized spacial score (nSPS) is 19.6. The highest BCUT2D eigenvalue weighted by Crippen LogP contribution is 2.32. The monoisotopic (exact) mass is 495 g/mol. The number of aliphatic hydroxyl groups excluding tert-OH is 1. The molecular formula is C27H31ClFN5O. The Morgan fingerprint density at radius 3 is 2.46 bits per heavy atom. The third kappa shape index (κ3) is 5.74. The molecule has 3 heterocycles. The number of nitrogens with zero attached hydrogens (tertiary/aromatic N) is 4. The Morgan fingerprint density at radius 2 is 1.74 bits per heavy atom. The maximum absolute atomic E-state index is 13.5. The van der Waals surface area contributed by atoms with Crippen molar-refractivity contribution >= 4 is 29.1 Å². The molecule has 0 bridgehead atoms. The zero-order chi connectivity index (χ0) is 24.2. The van der Waals surface area contributed by atoms with Crippen LogP contribution in [-0.4, -0.2) is 58.8 Å². The lowest BCUT2D eigenvalue weighted by atomic mass is 9.94. The number of aliphatic hydroxyl groups is 1. The van der Waals surface area contributed by atoms with Gasteiger partial charge in [-0.3, -0.25) is 4.90 Å². The highest BCUT2D eigenvalue weighted by molar-refractivity contribution is 6.30. The Balaban J connectivity index is 1.35. The van der Waals surface area contributed by atoms with Crippen molar-refractivity contribution in [2.75, 3.05) is 43.0 Å². The summed E-state index contributed by atoms with van der Waals surface area (Å²) in [6.45, 7) is 4.19. The molecule has 1 atom stereocenters. The zero-order valence-corrected chi connectivity index (χ0v) is 20.5. The standard InChI is InChI=1S/C27H31ClFN5O/c28-21-5-9-23(10-6-21)31-26-25(20-3-7-22(29)8-4-20)16-30-27(32-26)33-14-11-24(12-15-33)34-13-1-2-19(17-34)18-35/h3-10,16,19,24,35H,1-2,11-15,17-18H2,(H,30,31,32). The lowest BCUT2D eigenvalue weighted by Crippen LogP contribution is -2.49. The second-order valence-electron chi connectivity index (χ2n) is 9.48. The molecule has 2 N–H and O–H groups in total. The number of likely N-dealkylation sites (tertiary alicyclic amines) is 1. The van der Waals surface area contributed by atoms with Gasteiger partial charge in [-0.05, 0) is 80.1 Å². The van der Waals surface area contributed by atoms with Gasteiger partial charge in [0.2, 0.25) is 5.95 Å². The maximum Gasteiger partial charge on any atom is 0.227 e. The highest BCUT2D eigenvalue weighted by atomic mass is 35.5. The summed E-state index contributed by atoms with van der Waals surface area (Å²) in [5.74, 6) is 1.50. The van der Waals surface area contributed by atoms with Crippen LogP contribution in [0.5, 0.6) is 0 Å². The van der Waals surface area contributed by atoms with Crippen molar-refractivity contribution in [2.24, 2.45) is 5.92 Å². The SMILES string of the molecule is OCC1CCCN(C2CCN(c3ncc(-c4ccc(F)cc4)c(Nc4ccc(Cl)cc4)n3)CC2)C1. The Kier molecular flexibility index (Phi) is 7.46. The quantitative estimate of drug-likeness (QED) is 0.480. The van der Waals surface area contributed by atoms with Crippen LogP contribution >= 0.6 is 11.6 Å². The van der Waals surface area contributed by atoms with Gasteiger partial charge < -0.3 is 15.3 Å². The van der Waals surface area contributed by atoms with Gasteiger partial charge in [0.05, 0.1) is 0 Å². The molecule has 2 fully saturated rings. The molecule has 2 saturated heterocycles. The van der Waals surface area contributed by atoms with Gasteiger partial charge >= 0.3 is 0 Å². The van der Waals surface area contributed by atoms with Crippen molar-refractivity contribution in [3.63, 3.8) is 0 Å². The highest BCUT2D eigenvalue weighted by Gasteiger charge is 2.29. The first kappa shape index (κ1) is 24.0. The fraction of sp³-hybridized carbons (Fsp3) is 0.407. The number of hydrogen-bond acceptors (Lipinski definition) is 6. The molecule has 2 aliphatic rings. The number of piperidine rings is 2. The predicted molar refractivity (Wildman–Crippen MR) is 139 cm³/mol. The molecule has 3 aromatic rings. The molecule has 2 aliphatic heterocycles. The van der Waals surface area contributed by atoms with Gasteiger partial charge in [-0.15, -0.1) is 0 Å². The summed E-state index contributed by atoms with van der Waals surface area (Å²) in [5.41, 5.74) is 2.52. The van der Waals surface area contributed by atoms with E-state index < -0.39 is 0 Å². The molecule has 0 radical (unpaired) electrons. The van der Waals surface area contributed by atoms with Crippen LogP contribution < -0.4 is 10.2 Å². The van der Waals surface area contributed by atoms with E-state index in [1.807, 2.05) is 30.5 Å². The second kappa shape index (κ2) is 10.9. The zero-order valence-electron chi connectivity index (χ0n) is 19.7. The van der Waals surface area contributed by atoms with Gasteiger partial charge in [0.1, 0.15) is 11.6 Å². The van der Waals surface area contributed by atoms with Crippen molar-refractivity contribution < 1.29 is 9.50 Å². The molecule has 35 heavy (non-hydrogen) atoms.